The lowest BCUT2D eigenvalue weighted by Gasteiger charge is -2.33. The quantitative estimate of drug-likeness (QED) is 0.721. The van der Waals surface area contributed by atoms with Crippen molar-refractivity contribution in [3.63, 3.8) is 0 Å². The summed E-state index contributed by atoms with van der Waals surface area (Å²) in [6.45, 7) is 1.23. The van der Waals surface area contributed by atoms with Crippen molar-refractivity contribution in [3.05, 3.63) is 58.5 Å². The standard InChI is InChI=1S/C22H25N3O4/c1-28-17-10-15(11-18(13-17)29-2)12-21(26)24-9-5-6-16(14-24)25-20-8-4-3-7-19(20)23-22(25)27/h3-4,7-8,10-11,13,16H,5-6,9,12,14H2,1-2H3,(H,23,27)/t16-/m0/s1. The van der Waals surface area contributed by atoms with Crippen molar-refractivity contribution < 1.29 is 14.3 Å². The van der Waals surface area contributed by atoms with Crippen molar-refractivity contribution in [1.29, 1.82) is 0 Å². The number of piperidine rings is 1. The molecule has 1 N–H and O–H groups in total. The van der Waals surface area contributed by atoms with Gasteiger partial charge in [-0.3, -0.25) is 9.36 Å². The van der Waals surface area contributed by atoms with Gasteiger partial charge in [0.1, 0.15) is 11.5 Å². The summed E-state index contributed by atoms with van der Waals surface area (Å²) < 4.78 is 12.4. The maximum absolute atomic E-state index is 13.0. The molecular formula is C22H25N3O4. The number of ether oxygens (including phenoxy) is 2. The van der Waals surface area contributed by atoms with E-state index >= 15 is 0 Å². The Kier molecular flexibility index (Phi) is 5.29. The first-order chi connectivity index (χ1) is 14.1. The van der Waals surface area contributed by atoms with Gasteiger partial charge < -0.3 is 19.4 Å². The number of likely N-dealkylation sites (tertiary alicyclic amines) is 1. The topological polar surface area (TPSA) is 76.6 Å². The van der Waals surface area contributed by atoms with E-state index in [-0.39, 0.29) is 24.1 Å². The highest BCUT2D eigenvalue weighted by atomic mass is 16.5. The Morgan fingerprint density at radius 3 is 2.59 bits per heavy atom. The maximum atomic E-state index is 13.0. The number of hydrogen-bond acceptors (Lipinski definition) is 4. The number of aromatic nitrogens is 2. The zero-order valence-electron chi connectivity index (χ0n) is 16.7. The third-order valence-corrected chi connectivity index (χ3v) is 5.50. The largest absolute Gasteiger partial charge is 0.497 e. The zero-order chi connectivity index (χ0) is 20.4. The van der Waals surface area contributed by atoms with Gasteiger partial charge in [-0.1, -0.05) is 12.1 Å². The second kappa shape index (κ2) is 8.03. The van der Waals surface area contributed by atoms with Crippen LogP contribution < -0.4 is 15.2 Å². The van der Waals surface area contributed by atoms with Crippen molar-refractivity contribution in [2.75, 3.05) is 27.3 Å². The molecule has 2 heterocycles. The van der Waals surface area contributed by atoms with Gasteiger partial charge >= 0.3 is 5.69 Å². The summed E-state index contributed by atoms with van der Waals surface area (Å²) in [5.74, 6) is 1.36. The molecule has 4 rings (SSSR count). The molecule has 2 aromatic carbocycles. The molecule has 0 bridgehead atoms. The first-order valence-corrected chi connectivity index (χ1v) is 9.78. The molecule has 1 aliphatic rings. The van der Waals surface area contributed by atoms with E-state index in [2.05, 4.69) is 4.98 Å². The molecule has 1 aromatic heterocycles. The van der Waals surface area contributed by atoms with Gasteiger partial charge in [0, 0.05) is 19.2 Å². The Morgan fingerprint density at radius 2 is 1.86 bits per heavy atom. The van der Waals surface area contributed by atoms with Gasteiger partial charge in [-0.25, -0.2) is 4.79 Å². The second-order valence-corrected chi connectivity index (χ2v) is 7.35. The summed E-state index contributed by atoms with van der Waals surface area (Å²) in [4.78, 5) is 30.3. The highest BCUT2D eigenvalue weighted by Gasteiger charge is 2.27. The first-order valence-electron chi connectivity index (χ1n) is 9.78. The molecule has 0 aliphatic carbocycles. The molecule has 0 spiro atoms. The highest BCUT2D eigenvalue weighted by Crippen LogP contribution is 2.26. The summed E-state index contributed by atoms with van der Waals surface area (Å²) >= 11 is 0. The number of carbonyl (C=O) groups excluding carboxylic acids is 1. The third kappa shape index (κ3) is 3.85. The summed E-state index contributed by atoms with van der Waals surface area (Å²) in [5.41, 5.74) is 2.43. The van der Waals surface area contributed by atoms with E-state index in [9.17, 15) is 9.59 Å². The fourth-order valence-electron chi connectivity index (χ4n) is 4.08. The van der Waals surface area contributed by atoms with Crippen LogP contribution in [0.5, 0.6) is 11.5 Å². The number of carbonyl (C=O) groups is 1. The van der Waals surface area contributed by atoms with Gasteiger partial charge in [0.25, 0.3) is 0 Å². The lowest BCUT2D eigenvalue weighted by atomic mass is 10.0. The lowest BCUT2D eigenvalue weighted by Crippen LogP contribution is -2.43. The molecule has 1 fully saturated rings. The van der Waals surface area contributed by atoms with E-state index in [4.69, 9.17) is 9.47 Å². The van der Waals surface area contributed by atoms with Crippen LogP contribution in [-0.2, 0) is 11.2 Å². The number of imidazole rings is 1. The zero-order valence-corrected chi connectivity index (χ0v) is 16.7. The predicted molar refractivity (Wildman–Crippen MR) is 111 cm³/mol. The third-order valence-electron chi connectivity index (χ3n) is 5.50. The number of nitrogens with one attached hydrogen (secondary N) is 1. The molecular weight excluding hydrogens is 370 g/mol. The predicted octanol–water partition coefficient (Wildman–Crippen LogP) is 2.75. The van der Waals surface area contributed by atoms with Crippen molar-refractivity contribution in [2.45, 2.75) is 25.3 Å². The molecule has 0 radical (unpaired) electrons. The monoisotopic (exact) mass is 395 g/mol. The smallest absolute Gasteiger partial charge is 0.326 e. The Hall–Kier alpha value is -3.22. The number of benzene rings is 2. The van der Waals surface area contributed by atoms with Crippen LogP contribution in [0.25, 0.3) is 11.0 Å². The minimum absolute atomic E-state index is 0.0313. The van der Waals surface area contributed by atoms with Gasteiger partial charge in [0.05, 0.1) is 37.7 Å². The average molecular weight is 395 g/mol. The van der Waals surface area contributed by atoms with E-state index in [1.807, 2.05) is 41.3 Å². The number of hydrogen-bond donors (Lipinski definition) is 1. The fourth-order valence-corrected chi connectivity index (χ4v) is 4.08. The Bertz CT molecular complexity index is 1060. The van der Waals surface area contributed by atoms with Crippen LogP contribution in [0.2, 0.25) is 0 Å². The van der Waals surface area contributed by atoms with E-state index in [1.165, 1.54) is 0 Å². The molecule has 0 saturated carbocycles. The van der Waals surface area contributed by atoms with Crippen LogP contribution in [0.15, 0.2) is 47.3 Å². The number of aromatic amines is 1. The van der Waals surface area contributed by atoms with Crippen LogP contribution in [0.1, 0.15) is 24.4 Å². The van der Waals surface area contributed by atoms with E-state index < -0.39 is 0 Å². The van der Waals surface area contributed by atoms with Gasteiger partial charge in [0.2, 0.25) is 5.91 Å². The summed E-state index contributed by atoms with van der Waals surface area (Å²) in [7, 11) is 3.18. The fraction of sp³-hybridized carbons (Fsp3) is 0.364. The summed E-state index contributed by atoms with van der Waals surface area (Å²) in [5, 5.41) is 0. The summed E-state index contributed by atoms with van der Waals surface area (Å²) in [6, 6.07) is 13.1. The van der Waals surface area contributed by atoms with E-state index in [1.54, 1.807) is 24.9 Å². The minimum Gasteiger partial charge on any atom is -0.497 e. The average Bonchev–Trinajstić information content (AvgIpc) is 3.09. The molecule has 1 saturated heterocycles. The molecule has 29 heavy (non-hydrogen) atoms. The number of H-pyrrole nitrogens is 1. The number of nitrogens with zero attached hydrogens (tertiary/aromatic N) is 2. The van der Waals surface area contributed by atoms with Crippen molar-refractivity contribution >= 4 is 16.9 Å². The van der Waals surface area contributed by atoms with Crippen LogP contribution in [-0.4, -0.2) is 47.7 Å². The van der Waals surface area contributed by atoms with E-state index in [0.29, 0.717) is 24.6 Å². The number of fused-ring (bicyclic) bond motifs is 1. The Balaban J connectivity index is 1.53. The SMILES string of the molecule is COc1cc(CC(=O)N2CCC[C@H](n3c(=O)[nH]c4ccccc43)C2)cc(OC)c1. The minimum atomic E-state index is -0.122. The van der Waals surface area contributed by atoms with Gasteiger partial charge in [-0.15, -0.1) is 0 Å². The number of methoxy groups -OCH3 is 2. The Labute approximate surface area is 168 Å². The molecule has 0 unspecified atom stereocenters. The van der Waals surface area contributed by atoms with Crippen LogP contribution in [0.4, 0.5) is 0 Å². The molecule has 1 aliphatic heterocycles. The number of rotatable bonds is 5. The molecule has 3 aromatic rings. The van der Waals surface area contributed by atoms with Gasteiger partial charge in [-0.2, -0.15) is 0 Å². The number of para-hydroxylation sites is 2. The molecule has 7 nitrogen and oxygen atoms in total. The highest BCUT2D eigenvalue weighted by molar-refractivity contribution is 5.79. The molecule has 1 amide bonds. The second-order valence-electron chi connectivity index (χ2n) is 7.35. The lowest BCUT2D eigenvalue weighted by molar-refractivity contribution is -0.132. The molecule has 7 heteroatoms. The Morgan fingerprint density at radius 1 is 1.14 bits per heavy atom. The first kappa shape index (κ1) is 19.1. The van der Waals surface area contributed by atoms with Crippen molar-refractivity contribution in [3.8, 4) is 11.5 Å². The van der Waals surface area contributed by atoms with Crippen molar-refractivity contribution in [2.24, 2.45) is 0 Å². The molecule has 1 atom stereocenters. The van der Waals surface area contributed by atoms with Crippen LogP contribution in [0.3, 0.4) is 0 Å². The maximum Gasteiger partial charge on any atom is 0.326 e. The van der Waals surface area contributed by atoms with Crippen LogP contribution in [0, 0.1) is 0 Å². The van der Waals surface area contributed by atoms with Gasteiger partial charge in [0.15, 0.2) is 0 Å². The number of amides is 1. The normalized spacial score (nSPS) is 16.8. The van der Waals surface area contributed by atoms with Crippen LogP contribution >= 0.6 is 0 Å². The molecule has 152 valence electrons. The van der Waals surface area contributed by atoms with E-state index in [0.717, 1.165) is 29.4 Å². The van der Waals surface area contributed by atoms with Crippen molar-refractivity contribution in [1.82, 2.24) is 14.5 Å². The van der Waals surface area contributed by atoms with Gasteiger partial charge in [-0.05, 0) is 42.7 Å². The summed E-state index contributed by atoms with van der Waals surface area (Å²) in [6.07, 6.45) is 2.01.